The number of hydrogen-bond acceptors (Lipinski definition) is 5. The van der Waals surface area contributed by atoms with Crippen molar-refractivity contribution in [3.05, 3.63) is 22.4 Å². The van der Waals surface area contributed by atoms with E-state index >= 15 is 0 Å². The second-order valence-electron chi connectivity index (χ2n) is 7.83. The summed E-state index contributed by atoms with van der Waals surface area (Å²) < 4.78 is 5.46. The SMILES string of the molecule is CCN(CC)C(CNC(=O)C1CCCN1C(=O)OC(C)(C)C)c1cccs1. The van der Waals surface area contributed by atoms with Crippen LogP contribution in [-0.2, 0) is 9.53 Å². The molecule has 0 saturated carbocycles. The first-order chi connectivity index (χ1) is 12.8. The summed E-state index contributed by atoms with van der Waals surface area (Å²) in [6, 6.07) is 3.86. The molecule has 7 heteroatoms. The summed E-state index contributed by atoms with van der Waals surface area (Å²) in [5, 5.41) is 5.15. The Hall–Kier alpha value is -1.60. The monoisotopic (exact) mass is 395 g/mol. The average molecular weight is 396 g/mol. The lowest BCUT2D eigenvalue weighted by Gasteiger charge is -2.31. The number of nitrogens with zero attached hydrogens (tertiary/aromatic N) is 2. The molecule has 0 aliphatic carbocycles. The zero-order valence-electron chi connectivity index (χ0n) is 17.2. The lowest BCUT2D eigenvalue weighted by molar-refractivity contribution is -0.125. The first-order valence-electron chi connectivity index (χ1n) is 9.81. The number of likely N-dealkylation sites (tertiary alicyclic amines) is 1. The van der Waals surface area contributed by atoms with Crippen LogP contribution in [0.4, 0.5) is 4.79 Å². The Morgan fingerprint density at radius 2 is 2.07 bits per heavy atom. The van der Waals surface area contributed by atoms with E-state index in [1.165, 1.54) is 4.88 Å². The van der Waals surface area contributed by atoms with Gasteiger partial charge in [0, 0.05) is 18.0 Å². The lowest BCUT2D eigenvalue weighted by atomic mass is 10.1. The zero-order valence-corrected chi connectivity index (χ0v) is 18.0. The molecular formula is C20H33N3O3S. The summed E-state index contributed by atoms with van der Waals surface area (Å²) in [4.78, 5) is 30.4. The predicted molar refractivity (Wildman–Crippen MR) is 109 cm³/mol. The quantitative estimate of drug-likeness (QED) is 0.766. The van der Waals surface area contributed by atoms with Gasteiger partial charge in [-0.25, -0.2) is 4.79 Å². The molecule has 1 aliphatic rings. The second-order valence-corrected chi connectivity index (χ2v) is 8.81. The van der Waals surface area contributed by atoms with Gasteiger partial charge in [0.05, 0.1) is 6.04 Å². The van der Waals surface area contributed by atoms with E-state index in [1.54, 1.807) is 16.2 Å². The number of hydrogen-bond donors (Lipinski definition) is 1. The molecule has 0 radical (unpaired) electrons. The molecule has 1 aromatic heterocycles. The van der Waals surface area contributed by atoms with Crippen LogP contribution in [-0.4, -0.2) is 59.6 Å². The van der Waals surface area contributed by atoms with Gasteiger partial charge in [-0.2, -0.15) is 0 Å². The highest BCUT2D eigenvalue weighted by Gasteiger charge is 2.36. The van der Waals surface area contributed by atoms with Gasteiger partial charge >= 0.3 is 6.09 Å². The van der Waals surface area contributed by atoms with Gasteiger partial charge in [0.15, 0.2) is 0 Å². The maximum absolute atomic E-state index is 12.8. The number of nitrogens with one attached hydrogen (secondary N) is 1. The van der Waals surface area contributed by atoms with Crippen molar-refractivity contribution < 1.29 is 14.3 Å². The van der Waals surface area contributed by atoms with Crippen LogP contribution < -0.4 is 5.32 Å². The van der Waals surface area contributed by atoms with E-state index in [2.05, 4.69) is 35.5 Å². The topological polar surface area (TPSA) is 61.9 Å². The molecule has 1 fully saturated rings. The molecular weight excluding hydrogens is 362 g/mol. The molecule has 0 aromatic carbocycles. The summed E-state index contributed by atoms with van der Waals surface area (Å²) >= 11 is 1.71. The van der Waals surface area contributed by atoms with Crippen LogP contribution in [0.5, 0.6) is 0 Å². The fraction of sp³-hybridized carbons (Fsp3) is 0.700. The molecule has 152 valence electrons. The maximum atomic E-state index is 12.8. The van der Waals surface area contributed by atoms with Crippen molar-refractivity contribution in [2.24, 2.45) is 0 Å². The molecule has 1 saturated heterocycles. The van der Waals surface area contributed by atoms with Crippen molar-refractivity contribution in [1.82, 2.24) is 15.1 Å². The summed E-state index contributed by atoms with van der Waals surface area (Å²) in [5.74, 6) is -0.0907. The first kappa shape index (κ1) is 21.7. The first-order valence-corrected chi connectivity index (χ1v) is 10.7. The van der Waals surface area contributed by atoms with Crippen molar-refractivity contribution in [3.63, 3.8) is 0 Å². The van der Waals surface area contributed by atoms with Gasteiger partial charge in [-0.05, 0) is 58.1 Å². The highest BCUT2D eigenvalue weighted by Crippen LogP contribution is 2.25. The van der Waals surface area contributed by atoms with Gasteiger partial charge in [0.1, 0.15) is 11.6 Å². The molecule has 0 spiro atoms. The Morgan fingerprint density at radius 1 is 1.37 bits per heavy atom. The smallest absolute Gasteiger partial charge is 0.410 e. The number of ether oxygens (including phenoxy) is 1. The largest absolute Gasteiger partial charge is 0.444 e. The Morgan fingerprint density at radius 3 is 2.63 bits per heavy atom. The predicted octanol–water partition coefficient (Wildman–Crippen LogP) is 3.65. The van der Waals surface area contributed by atoms with E-state index in [9.17, 15) is 9.59 Å². The lowest BCUT2D eigenvalue weighted by Crippen LogP contribution is -2.49. The minimum absolute atomic E-state index is 0.0907. The molecule has 2 unspecified atom stereocenters. The van der Waals surface area contributed by atoms with Crippen molar-refractivity contribution in [2.75, 3.05) is 26.2 Å². The summed E-state index contributed by atoms with van der Waals surface area (Å²) in [7, 11) is 0. The van der Waals surface area contributed by atoms with Crippen LogP contribution in [0.3, 0.4) is 0 Å². The Labute approximate surface area is 166 Å². The zero-order chi connectivity index (χ0) is 20.0. The van der Waals surface area contributed by atoms with Gasteiger partial charge in [0.2, 0.25) is 5.91 Å². The summed E-state index contributed by atoms with van der Waals surface area (Å²) in [6.07, 6.45) is 1.10. The van der Waals surface area contributed by atoms with Crippen molar-refractivity contribution in [2.45, 2.75) is 65.1 Å². The molecule has 1 aliphatic heterocycles. The van der Waals surface area contributed by atoms with Crippen LogP contribution >= 0.6 is 11.3 Å². The summed E-state index contributed by atoms with van der Waals surface area (Å²) in [6.45, 7) is 12.7. The van der Waals surface area contributed by atoms with Gasteiger partial charge in [-0.15, -0.1) is 11.3 Å². The number of rotatable bonds is 7. The third-order valence-electron chi connectivity index (χ3n) is 4.78. The standard InChI is InChI=1S/C20H33N3O3S/c1-6-22(7-2)16(17-11-9-13-27-17)14-21-18(24)15-10-8-12-23(15)19(25)26-20(3,4)5/h9,11,13,15-16H,6-8,10,12,14H2,1-5H3,(H,21,24). The minimum atomic E-state index is -0.562. The Bertz CT molecular complexity index is 608. The highest BCUT2D eigenvalue weighted by atomic mass is 32.1. The van der Waals surface area contributed by atoms with Crippen LogP contribution in [0, 0.1) is 0 Å². The fourth-order valence-corrected chi connectivity index (χ4v) is 4.31. The van der Waals surface area contributed by atoms with Gasteiger partial charge in [0.25, 0.3) is 0 Å². The molecule has 6 nitrogen and oxygen atoms in total. The fourth-order valence-electron chi connectivity index (χ4n) is 3.45. The Balaban J connectivity index is 2.01. The molecule has 27 heavy (non-hydrogen) atoms. The number of amides is 2. The van der Waals surface area contributed by atoms with Crippen molar-refractivity contribution in [1.29, 1.82) is 0 Å². The molecule has 2 amide bonds. The number of likely N-dealkylation sites (N-methyl/N-ethyl adjacent to an activating group) is 1. The number of carbonyl (C=O) groups excluding carboxylic acids is 2. The van der Waals surface area contributed by atoms with E-state index in [-0.39, 0.29) is 11.9 Å². The van der Waals surface area contributed by atoms with E-state index in [1.807, 2.05) is 26.8 Å². The molecule has 1 N–H and O–H groups in total. The van der Waals surface area contributed by atoms with Crippen LogP contribution in [0.15, 0.2) is 17.5 Å². The minimum Gasteiger partial charge on any atom is -0.444 e. The van der Waals surface area contributed by atoms with Crippen LogP contribution in [0.25, 0.3) is 0 Å². The van der Waals surface area contributed by atoms with Crippen LogP contribution in [0.2, 0.25) is 0 Å². The number of thiophene rings is 1. The van der Waals surface area contributed by atoms with E-state index in [0.29, 0.717) is 19.5 Å². The Kier molecular flexibility index (Phi) is 7.68. The van der Waals surface area contributed by atoms with E-state index in [4.69, 9.17) is 4.74 Å². The van der Waals surface area contributed by atoms with Gasteiger partial charge in [-0.1, -0.05) is 19.9 Å². The average Bonchev–Trinajstić information content (AvgIpc) is 3.28. The molecule has 2 rings (SSSR count). The van der Waals surface area contributed by atoms with Crippen molar-refractivity contribution in [3.8, 4) is 0 Å². The van der Waals surface area contributed by atoms with Crippen molar-refractivity contribution >= 4 is 23.3 Å². The van der Waals surface area contributed by atoms with E-state index < -0.39 is 17.7 Å². The van der Waals surface area contributed by atoms with Gasteiger partial charge < -0.3 is 10.1 Å². The normalized spacial score (nSPS) is 18.6. The molecule has 1 aromatic rings. The number of carbonyl (C=O) groups is 2. The highest BCUT2D eigenvalue weighted by molar-refractivity contribution is 7.10. The van der Waals surface area contributed by atoms with Gasteiger partial charge in [-0.3, -0.25) is 14.6 Å². The summed E-state index contributed by atoms with van der Waals surface area (Å²) in [5.41, 5.74) is -0.562. The van der Waals surface area contributed by atoms with E-state index in [0.717, 1.165) is 19.5 Å². The van der Waals surface area contributed by atoms with Crippen LogP contribution in [0.1, 0.15) is 58.4 Å². The third kappa shape index (κ3) is 5.94. The second kappa shape index (κ2) is 9.55. The third-order valence-corrected chi connectivity index (χ3v) is 5.75. The molecule has 0 bridgehead atoms. The molecule has 2 heterocycles. The molecule has 2 atom stereocenters. The maximum Gasteiger partial charge on any atom is 0.410 e.